The lowest BCUT2D eigenvalue weighted by molar-refractivity contribution is -0.114. The first-order valence-corrected chi connectivity index (χ1v) is 7.56. The molecule has 0 aliphatic rings. The van der Waals surface area contributed by atoms with Crippen LogP contribution in [0.1, 0.15) is 23.0 Å². The molecule has 6 heteroatoms. The fraction of sp³-hybridized carbons (Fsp3) is 0.0526. The summed E-state index contributed by atoms with van der Waals surface area (Å²) in [4.78, 5) is 27.8. The molecule has 0 atom stereocenters. The molecule has 0 aliphatic heterocycles. The third kappa shape index (κ3) is 3.31. The van der Waals surface area contributed by atoms with Gasteiger partial charge in [-0.1, -0.05) is 18.2 Å². The molecule has 0 saturated carbocycles. The van der Waals surface area contributed by atoms with E-state index in [9.17, 15) is 14.9 Å². The number of aromatic nitrogens is 1. The second kappa shape index (κ2) is 6.81. The van der Waals surface area contributed by atoms with E-state index in [0.29, 0.717) is 27.7 Å². The molecule has 2 N–H and O–H groups in total. The molecule has 0 bridgehead atoms. The number of nitrogens with one attached hydrogen (secondary N) is 2. The van der Waals surface area contributed by atoms with E-state index in [4.69, 9.17) is 0 Å². The first kappa shape index (κ1) is 16.1. The van der Waals surface area contributed by atoms with Crippen molar-refractivity contribution < 1.29 is 9.59 Å². The minimum Gasteiger partial charge on any atom is -0.326 e. The van der Waals surface area contributed by atoms with Gasteiger partial charge in [-0.2, -0.15) is 5.26 Å². The van der Waals surface area contributed by atoms with Crippen molar-refractivity contribution in [2.24, 2.45) is 0 Å². The van der Waals surface area contributed by atoms with Crippen molar-refractivity contribution in [3.8, 4) is 6.07 Å². The summed E-state index contributed by atoms with van der Waals surface area (Å²) in [7, 11) is 0. The number of rotatable bonds is 3. The molecule has 122 valence electrons. The van der Waals surface area contributed by atoms with Gasteiger partial charge in [-0.15, -0.1) is 0 Å². The van der Waals surface area contributed by atoms with Gasteiger partial charge in [0.05, 0.1) is 17.3 Å². The molecule has 2 amide bonds. The highest BCUT2D eigenvalue weighted by atomic mass is 16.2. The number of hydrogen-bond donors (Lipinski definition) is 2. The maximum absolute atomic E-state index is 12.4. The molecule has 3 rings (SSSR count). The monoisotopic (exact) mass is 330 g/mol. The summed E-state index contributed by atoms with van der Waals surface area (Å²) < 4.78 is 0. The van der Waals surface area contributed by atoms with Crippen molar-refractivity contribution in [1.82, 2.24) is 4.98 Å². The number of hydrogen-bond acceptors (Lipinski definition) is 4. The predicted molar refractivity (Wildman–Crippen MR) is 95.2 cm³/mol. The van der Waals surface area contributed by atoms with Gasteiger partial charge in [-0.3, -0.25) is 14.6 Å². The second-order valence-corrected chi connectivity index (χ2v) is 5.35. The molecule has 3 aromatic rings. The van der Waals surface area contributed by atoms with E-state index < -0.39 is 0 Å². The summed E-state index contributed by atoms with van der Waals surface area (Å²) in [6.45, 7) is 1.41. The number of amides is 2. The highest BCUT2D eigenvalue weighted by molar-refractivity contribution is 6.13. The minimum atomic E-state index is -0.373. The van der Waals surface area contributed by atoms with Crippen molar-refractivity contribution in [2.75, 3.05) is 10.6 Å². The molecular weight excluding hydrogens is 316 g/mol. The van der Waals surface area contributed by atoms with Crippen LogP contribution in [0.3, 0.4) is 0 Å². The first-order chi connectivity index (χ1) is 12.1. The normalized spacial score (nSPS) is 10.1. The molecule has 25 heavy (non-hydrogen) atoms. The molecule has 0 fully saturated rings. The van der Waals surface area contributed by atoms with Crippen LogP contribution in [0.15, 0.2) is 54.7 Å². The van der Waals surface area contributed by atoms with Crippen LogP contribution in [-0.4, -0.2) is 16.8 Å². The highest BCUT2D eigenvalue weighted by Gasteiger charge is 2.14. The van der Waals surface area contributed by atoms with Crippen LogP contribution in [0.2, 0.25) is 0 Å². The predicted octanol–water partition coefficient (Wildman–Crippen LogP) is 3.32. The molecule has 1 heterocycles. The van der Waals surface area contributed by atoms with Crippen LogP contribution in [0.4, 0.5) is 11.4 Å². The van der Waals surface area contributed by atoms with E-state index in [-0.39, 0.29) is 17.5 Å². The zero-order valence-electron chi connectivity index (χ0n) is 13.4. The van der Waals surface area contributed by atoms with Crippen molar-refractivity contribution in [2.45, 2.75) is 6.92 Å². The Labute approximate surface area is 144 Å². The lowest BCUT2D eigenvalue weighted by Gasteiger charge is -2.13. The van der Waals surface area contributed by atoms with Crippen LogP contribution >= 0.6 is 0 Å². The van der Waals surface area contributed by atoms with Crippen molar-refractivity contribution in [3.63, 3.8) is 0 Å². The minimum absolute atomic E-state index is 0.214. The SMILES string of the molecule is CC(=O)Nc1ccc(NC(=O)c2ccccn2)c2c(C#N)cccc12. The largest absolute Gasteiger partial charge is 0.326 e. The summed E-state index contributed by atoms with van der Waals surface area (Å²) in [5.74, 6) is -0.587. The average Bonchev–Trinajstić information content (AvgIpc) is 2.63. The lowest BCUT2D eigenvalue weighted by atomic mass is 10.0. The Kier molecular flexibility index (Phi) is 4.40. The molecule has 0 unspecified atom stereocenters. The Balaban J connectivity index is 2.11. The van der Waals surface area contributed by atoms with Crippen molar-refractivity contribution in [3.05, 3.63) is 66.0 Å². The topological polar surface area (TPSA) is 94.9 Å². The number of carbonyl (C=O) groups is 2. The van der Waals surface area contributed by atoms with Crippen molar-refractivity contribution >= 4 is 34.0 Å². The molecule has 1 aromatic heterocycles. The van der Waals surface area contributed by atoms with Crippen LogP contribution in [0, 0.1) is 11.3 Å². The maximum Gasteiger partial charge on any atom is 0.274 e. The van der Waals surface area contributed by atoms with Gasteiger partial charge in [-0.25, -0.2) is 0 Å². The Morgan fingerprint density at radius 3 is 2.48 bits per heavy atom. The summed E-state index contributed by atoms with van der Waals surface area (Å²) in [5.41, 5.74) is 1.74. The van der Waals surface area contributed by atoms with Gasteiger partial charge < -0.3 is 10.6 Å². The van der Waals surface area contributed by atoms with E-state index in [0.717, 1.165) is 0 Å². The van der Waals surface area contributed by atoms with Gasteiger partial charge in [0.25, 0.3) is 5.91 Å². The summed E-state index contributed by atoms with van der Waals surface area (Å²) in [5, 5.41) is 16.2. The lowest BCUT2D eigenvalue weighted by Crippen LogP contribution is -2.14. The van der Waals surface area contributed by atoms with Gasteiger partial charge in [0.15, 0.2) is 0 Å². The smallest absolute Gasteiger partial charge is 0.274 e. The zero-order valence-corrected chi connectivity index (χ0v) is 13.4. The third-order valence-electron chi connectivity index (χ3n) is 3.62. The third-order valence-corrected chi connectivity index (χ3v) is 3.62. The van der Waals surface area contributed by atoms with E-state index in [1.54, 1.807) is 48.5 Å². The molecule has 0 spiro atoms. The maximum atomic E-state index is 12.4. The Morgan fingerprint density at radius 1 is 1.00 bits per heavy atom. The van der Waals surface area contributed by atoms with Crippen LogP contribution in [0.25, 0.3) is 10.8 Å². The average molecular weight is 330 g/mol. The van der Waals surface area contributed by atoms with Gasteiger partial charge in [-0.05, 0) is 30.3 Å². The molecule has 6 nitrogen and oxygen atoms in total. The first-order valence-electron chi connectivity index (χ1n) is 7.56. The summed E-state index contributed by atoms with van der Waals surface area (Å²) >= 11 is 0. The van der Waals surface area contributed by atoms with E-state index in [1.807, 2.05) is 0 Å². The van der Waals surface area contributed by atoms with Crippen LogP contribution in [0.5, 0.6) is 0 Å². The molecule has 0 saturated heterocycles. The molecular formula is C19H14N4O2. The van der Waals surface area contributed by atoms with E-state index in [2.05, 4.69) is 21.7 Å². The Bertz CT molecular complexity index is 1010. The van der Waals surface area contributed by atoms with E-state index in [1.165, 1.54) is 13.1 Å². The Morgan fingerprint density at radius 2 is 1.80 bits per heavy atom. The number of anilines is 2. The van der Waals surface area contributed by atoms with Gasteiger partial charge in [0, 0.05) is 29.6 Å². The van der Waals surface area contributed by atoms with Gasteiger partial charge in [0.1, 0.15) is 5.69 Å². The fourth-order valence-electron chi connectivity index (χ4n) is 2.59. The summed E-state index contributed by atoms with van der Waals surface area (Å²) in [6.07, 6.45) is 1.54. The second-order valence-electron chi connectivity index (χ2n) is 5.35. The highest BCUT2D eigenvalue weighted by Crippen LogP contribution is 2.33. The quantitative estimate of drug-likeness (QED) is 0.770. The zero-order chi connectivity index (χ0) is 17.8. The molecule has 2 aromatic carbocycles. The molecule has 0 aliphatic carbocycles. The number of pyridine rings is 1. The van der Waals surface area contributed by atoms with Crippen LogP contribution in [-0.2, 0) is 4.79 Å². The number of fused-ring (bicyclic) bond motifs is 1. The van der Waals surface area contributed by atoms with Gasteiger partial charge in [0.2, 0.25) is 5.91 Å². The van der Waals surface area contributed by atoms with E-state index >= 15 is 0 Å². The molecule has 0 radical (unpaired) electrons. The number of carbonyl (C=O) groups excluding carboxylic acids is 2. The Hall–Kier alpha value is -3.72. The van der Waals surface area contributed by atoms with Gasteiger partial charge >= 0.3 is 0 Å². The standard InChI is InChI=1S/C19H14N4O2/c1-12(24)22-15-8-9-16(18-13(11-20)5-4-6-14(15)18)23-19(25)17-7-2-3-10-21-17/h2-10H,1H3,(H,22,24)(H,23,25). The number of nitriles is 1. The number of benzene rings is 2. The number of nitrogens with zero attached hydrogens (tertiary/aromatic N) is 2. The summed E-state index contributed by atoms with van der Waals surface area (Å²) in [6, 6.07) is 15.7. The van der Waals surface area contributed by atoms with Crippen molar-refractivity contribution in [1.29, 1.82) is 5.26 Å². The fourth-order valence-corrected chi connectivity index (χ4v) is 2.59. The van der Waals surface area contributed by atoms with Crippen LogP contribution < -0.4 is 10.6 Å².